The zero-order chi connectivity index (χ0) is 21.1. The summed E-state index contributed by atoms with van der Waals surface area (Å²) in [7, 11) is 0. The van der Waals surface area contributed by atoms with Crippen molar-refractivity contribution in [1.29, 1.82) is 5.26 Å². The highest BCUT2D eigenvalue weighted by molar-refractivity contribution is 7.15. The van der Waals surface area contributed by atoms with Crippen molar-refractivity contribution in [2.75, 3.05) is 13.1 Å². The zero-order valence-electron chi connectivity index (χ0n) is 16.8. The second-order valence-corrected chi connectivity index (χ2v) is 9.29. The van der Waals surface area contributed by atoms with Gasteiger partial charge in [0.2, 0.25) is 5.91 Å². The average Bonchev–Trinajstić information content (AvgIpc) is 3.15. The third kappa shape index (κ3) is 4.12. The maximum Gasteiger partial charge on any atom is 0.228 e. The van der Waals surface area contributed by atoms with Crippen LogP contribution in [-0.2, 0) is 16.6 Å². The molecule has 2 heterocycles. The molecule has 1 fully saturated rings. The molecule has 0 aliphatic carbocycles. The van der Waals surface area contributed by atoms with Crippen LogP contribution in [0.3, 0.4) is 0 Å². The van der Waals surface area contributed by atoms with E-state index in [1.165, 1.54) is 0 Å². The lowest BCUT2D eigenvalue weighted by Crippen LogP contribution is -2.45. The van der Waals surface area contributed by atoms with Crippen molar-refractivity contribution in [3.63, 3.8) is 0 Å². The number of likely N-dealkylation sites (tertiary alicyclic amines) is 1. The third-order valence-corrected chi connectivity index (χ3v) is 7.13. The van der Waals surface area contributed by atoms with Crippen LogP contribution in [0.1, 0.15) is 29.0 Å². The highest BCUT2D eigenvalue weighted by Gasteiger charge is 2.37. The molecule has 0 spiro atoms. The number of rotatable bonds is 4. The molecular formula is C24H22ClN3OS. The van der Waals surface area contributed by atoms with E-state index in [1.807, 2.05) is 66.4 Å². The van der Waals surface area contributed by atoms with Crippen LogP contribution >= 0.6 is 22.9 Å². The average molecular weight is 436 g/mol. The van der Waals surface area contributed by atoms with E-state index in [-0.39, 0.29) is 5.91 Å². The Morgan fingerprint density at radius 3 is 2.47 bits per heavy atom. The van der Waals surface area contributed by atoms with Crippen LogP contribution in [0.4, 0.5) is 0 Å². The molecule has 1 aliphatic rings. The minimum Gasteiger partial charge on any atom is -0.342 e. The number of hydrogen-bond donors (Lipinski definition) is 0. The summed E-state index contributed by atoms with van der Waals surface area (Å²) in [5.74, 6) is 0.0747. The molecule has 0 bridgehead atoms. The maximum atomic E-state index is 12.9. The Hall–Kier alpha value is -2.68. The first kappa shape index (κ1) is 20.6. The fourth-order valence-corrected chi connectivity index (χ4v) is 4.98. The van der Waals surface area contributed by atoms with Gasteiger partial charge in [0.25, 0.3) is 0 Å². The standard InChI is InChI=1S/C24H22ClN3OS/c1-17-21(27-23(30-17)18-7-9-20(25)10-8-18)15-22(29)28-13-11-24(16-26,12-14-28)19-5-3-2-4-6-19/h2-10H,11-15H2,1H3. The van der Waals surface area contributed by atoms with Crippen LogP contribution < -0.4 is 0 Å². The summed E-state index contributed by atoms with van der Waals surface area (Å²) in [5.41, 5.74) is 2.37. The number of amides is 1. The summed E-state index contributed by atoms with van der Waals surface area (Å²) in [6.45, 7) is 3.19. The van der Waals surface area contributed by atoms with E-state index in [0.29, 0.717) is 37.4 Å². The Bertz CT molecular complexity index is 1080. The highest BCUT2D eigenvalue weighted by atomic mass is 35.5. The number of halogens is 1. The van der Waals surface area contributed by atoms with Crippen LogP contribution in [0.2, 0.25) is 5.02 Å². The van der Waals surface area contributed by atoms with Gasteiger partial charge in [-0.1, -0.05) is 54.1 Å². The van der Waals surface area contributed by atoms with Crippen molar-refractivity contribution in [1.82, 2.24) is 9.88 Å². The Labute approximate surface area is 185 Å². The van der Waals surface area contributed by atoms with Crippen LogP contribution in [0.15, 0.2) is 54.6 Å². The number of nitrogens with zero attached hydrogens (tertiary/aromatic N) is 3. The highest BCUT2D eigenvalue weighted by Crippen LogP contribution is 2.35. The van der Waals surface area contributed by atoms with Crippen LogP contribution in [0.5, 0.6) is 0 Å². The number of thiazole rings is 1. The molecule has 1 aromatic heterocycles. The van der Waals surface area contributed by atoms with Gasteiger partial charge in [-0.2, -0.15) is 5.26 Å². The van der Waals surface area contributed by atoms with E-state index in [4.69, 9.17) is 16.6 Å². The Morgan fingerprint density at radius 2 is 1.83 bits per heavy atom. The van der Waals surface area contributed by atoms with Crippen molar-refractivity contribution in [2.45, 2.75) is 31.6 Å². The van der Waals surface area contributed by atoms with Crippen LogP contribution in [-0.4, -0.2) is 28.9 Å². The summed E-state index contributed by atoms with van der Waals surface area (Å²) in [6.07, 6.45) is 1.61. The summed E-state index contributed by atoms with van der Waals surface area (Å²) in [4.78, 5) is 20.6. The van der Waals surface area contributed by atoms with E-state index >= 15 is 0 Å². The van der Waals surface area contributed by atoms with Crippen molar-refractivity contribution in [3.8, 4) is 16.6 Å². The van der Waals surface area contributed by atoms with E-state index in [0.717, 1.165) is 26.7 Å². The zero-order valence-corrected chi connectivity index (χ0v) is 18.3. The minimum atomic E-state index is -0.504. The van der Waals surface area contributed by atoms with Crippen molar-refractivity contribution < 1.29 is 4.79 Å². The number of benzene rings is 2. The third-order valence-electron chi connectivity index (χ3n) is 5.81. The Balaban J connectivity index is 1.43. The molecule has 152 valence electrons. The maximum absolute atomic E-state index is 12.9. The number of carbonyl (C=O) groups excluding carboxylic acids is 1. The van der Waals surface area contributed by atoms with Gasteiger partial charge in [-0.05, 0) is 37.5 Å². The number of nitriles is 1. The van der Waals surface area contributed by atoms with Gasteiger partial charge < -0.3 is 4.90 Å². The molecule has 3 aromatic rings. The lowest BCUT2D eigenvalue weighted by Gasteiger charge is -2.37. The van der Waals surface area contributed by atoms with Crippen molar-refractivity contribution >= 4 is 28.8 Å². The monoisotopic (exact) mass is 435 g/mol. The van der Waals surface area contributed by atoms with Crippen LogP contribution in [0, 0.1) is 18.3 Å². The van der Waals surface area contributed by atoms with Gasteiger partial charge in [-0.3, -0.25) is 4.79 Å². The SMILES string of the molecule is Cc1sc(-c2ccc(Cl)cc2)nc1CC(=O)N1CCC(C#N)(c2ccccc2)CC1. The van der Waals surface area contributed by atoms with Gasteiger partial charge in [-0.15, -0.1) is 11.3 Å². The fourth-order valence-electron chi connectivity index (χ4n) is 3.92. The molecule has 4 nitrogen and oxygen atoms in total. The molecule has 30 heavy (non-hydrogen) atoms. The van der Waals surface area contributed by atoms with E-state index in [9.17, 15) is 10.1 Å². The number of aromatic nitrogens is 1. The second kappa shape index (κ2) is 8.59. The summed E-state index contributed by atoms with van der Waals surface area (Å²) >= 11 is 7.57. The molecule has 1 saturated heterocycles. The molecular weight excluding hydrogens is 414 g/mol. The number of aryl methyl sites for hydroxylation is 1. The molecule has 0 atom stereocenters. The minimum absolute atomic E-state index is 0.0747. The Morgan fingerprint density at radius 1 is 1.17 bits per heavy atom. The molecule has 4 rings (SSSR count). The van der Waals surface area contributed by atoms with Gasteiger partial charge >= 0.3 is 0 Å². The van der Waals surface area contributed by atoms with Crippen molar-refractivity contribution in [2.24, 2.45) is 0 Å². The van der Waals surface area contributed by atoms with Crippen LogP contribution in [0.25, 0.3) is 10.6 Å². The fraction of sp³-hybridized carbons (Fsp3) is 0.292. The smallest absolute Gasteiger partial charge is 0.228 e. The predicted molar refractivity (Wildman–Crippen MR) is 121 cm³/mol. The van der Waals surface area contributed by atoms with E-state index in [2.05, 4.69) is 6.07 Å². The first-order valence-electron chi connectivity index (χ1n) is 9.97. The first-order valence-corrected chi connectivity index (χ1v) is 11.2. The van der Waals surface area contributed by atoms with Gasteiger partial charge in [0.05, 0.1) is 23.6 Å². The molecule has 0 saturated carbocycles. The Kier molecular flexibility index (Phi) is 5.90. The number of hydrogen-bond acceptors (Lipinski definition) is 4. The predicted octanol–water partition coefficient (Wildman–Crippen LogP) is 5.40. The lowest BCUT2D eigenvalue weighted by atomic mass is 9.74. The van der Waals surface area contributed by atoms with E-state index in [1.54, 1.807) is 11.3 Å². The summed E-state index contributed by atoms with van der Waals surface area (Å²) in [5, 5.41) is 11.4. The first-order chi connectivity index (χ1) is 14.5. The molecule has 1 aliphatic heterocycles. The largest absolute Gasteiger partial charge is 0.342 e. The normalized spacial score (nSPS) is 15.6. The molecule has 0 radical (unpaired) electrons. The molecule has 6 heteroatoms. The quantitative estimate of drug-likeness (QED) is 0.551. The molecule has 2 aromatic carbocycles. The van der Waals surface area contributed by atoms with Gasteiger partial charge in [0.15, 0.2) is 0 Å². The number of piperidine rings is 1. The second-order valence-electron chi connectivity index (χ2n) is 7.65. The van der Waals surface area contributed by atoms with E-state index < -0.39 is 5.41 Å². The van der Waals surface area contributed by atoms with Gasteiger partial charge in [-0.25, -0.2) is 4.98 Å². The summed E-state index contributed by atoms with van der Waals surface area (Å²) < 4.78 is 0. The number of carbonyl (C=O) groups is 1. The molecule has 1 amide bonds. The summed E-state index contributed by atoms with van der Waals surface area (Å²) in [6, 6.07) is 20.0. The lowest BCUT2D eigenvalue weighted by molar-refractivity contribution is -0.131. The van der Waals surface area contributed by atoms with Crippen molar-refractivity contribution in [3.05, 3.63) is 75.8 Å². The topological polar surface area (TPSA) is 57.0 Å². The molecule has 0 unspecified atom stereocenters. The molecule has 0 N–H and O–H groups in total. The van der Waals surface area contributed by atoms with Gasteiger partial charge in [0.1, 0.15) is 5.01 Å². The van der Waals surface area contributed by atoms with Gasteiger partial charge in [0, 0.05) is 28.6 Å².